The number of carbonyl (C=O) groups excluding carboxylic acids is 1. The molecule has 5 heteroatoms. The summed E-state index contributed by atoms with van der Waals surface area (Å²) in [6, 6.07) is 13.9. The first-order chi connectivity index (χ1) is 12.1. The van der Waals surface area contributed by atoms with Gasteiger partial charge in [-0.3, -0.25) is 4.79 Å². The molecule has 2 aromatic carbocycles. The molecular weight excluding hydrogens is 316 g/mol. The van der Waals surface area contributed by atoms with Crippen LogP contribution in [-0.2, 0) is 4.79 Å². The van der Waals surface area contributed by atoms with E-state index >= 15 is 0 Å². The number of nitrogens with one attached hydrogen (secondary N) is 1. The maximum Gasteiger partial charge on any atom is 0.260 e. The Hall–Kier alpha value is -2.11. The summed E-state index contributed by atoms with van der Waals surface area (Å²) in [7, 11) is 0. The minimum absolute atomic E-state index is 0.106. The number of hydrogen-bond donors (Lipinski definition) is 2. The number of likely N-dealkylation sites (tertiary alicyclic amines) is 1. The van der Waals surface area contributed by atoms with Crippen LogP contribution in [0.4, 0.5) is 0 Å². The summed E-state index contributed by atoms with van der Waals surface area (Å²) >= 11 is 0. The normalized spacial score (nSPS) is 17.4. The van der Waals surface area contributed by atoms with Crippen molar-refractivity contribution in [3.63, 3.8) is 0 Å². The van der Waals surface area contributed by atoms with Crippen molar-refractivity contribution in [2.75, 3.05) is 26.2 Å². The van der Waals surface area contributed by atoms with Gasteiger partial charge in [-0.2, -0.15) is 0 Å². The lowest BCUT2D eigenvalue weighted by atomic mass is 10.1. The van der Waals surface area contributed by atoms with Crippen molar-refractivity contribution in [3.05, 3.63) is 42.5 Å². The van der Waals surface area contributed by atoms with E-state index in [1.54, 1.807) is 6.92 Å². The average Bonchev–Trinajstić information content (AvgIpc) is 2.63. The largest absolute Gasteiger partial charge is 0.481 e. The van der Waals surface area contributed by atoms with Crippen LogP contribution in [0.5, 0.6) is 5.75 Å². The number of fused-ring (bicyclic) bond motifs is 1. The number of amides is 1. The molecule has 0 bridgehead atoms. The molecule has 2 N–H and O–H groups in total. The molecule has 5 nitrogen and oxygen atoms in total. The van der Waals surface area contributed by atoms with Gasteiger partial charge < -0.3 is 20.1 Å². The number of carbonyl (C=O) groups is 1. The van der Waals surface area contributed by atoms with E-state index in [1.807, 2.05) is 36.4 Å². The molecule has 1 aliphatic rings. The lowest BCUT2D eigenvalue weighted by molar-refractivity contribution is -0.127. The topological polar surface area (TPSA) is 61.8 Å². The van der Waals surface area contributed by atoms with Crippen LogP contribution in [-0.4, -0.2) is 54.3 Å². The summed E-state index contributed by atoms with van der Waals surface area (Å²) in [5, 5.41) is 14.7. The first-order valence-corrected chi connectivity index (χ1v) is 8.95. The molecule has 1 aliphatic heterocycles. The van der Waals surface area contributed by atoms with Crippen LogP contribution in [0.25, 0.3) is 10.8 Å². The van der Waals surface area contributed by atoms with Gasteiger partial charge in [-0.15, -0.1) is 0 Å². The lowest BCUT2D eigenvalue weighted by Gasteiger charge is -2.29. The van der Waals surface area contributed by atoms with Crippen molar-refractivity contribution in [2.24, 2.45) is 0 Å². The van der Waals surface area contributed by atoms with E-state index in [0.717, 1.165) is 43.2 Å². The Kier molecular flexibility index (Phi) is 5.89. The van der Waals surface area contributed by atoms with Gasteiger partial charge >= 0.3 is 0 Å². The summed E-state index contributed by atoms with van der Waals surface area (Å²) < 4.78 is 5.78. The second-order valence-corrected chi connectivity index (χ2v) is 6.63. The maximum absolute atomic E-state index is 12.2. The third-order valence-corrected chi connectivity index (χ3v) is 4.69. The molecule has 1 amide bonds. The number of hydrogen-bond acceptors (Lipinski definition) is 4. The summed E-state index contributed by atoms with van der Waals surface area (Å²) in [4.78, 5) is 14.5. The molecule has 25 heavy (non-hydrogen) atoms. The number of rotatable bonds is 6. The Morgan fingerprint density at radius 2 is 1.96 bits per heavy atom. The Bertz CT molecular complexity index is 711. The maximum atomic E-state index is 12.2. The van der Waals surface area contributed by atoms with E-state index in [-0.39, 0.29) is 12.0 Å². The number of nitrogens with zero attached hydrogens (tertiary/aromatic N) is 1. The van der Waals surface area contributed by atoms with E-state index in [2.05, 4.69) is 16.3 Å². The fourth-order valence-electron chi connectivity index (χ4n) is 3.12. The molecule has 1 heterocycles. The molecule has 134 valence electrons. The van der Waals surface area contributed by atoms with Crippen molar-refractivity contribution in [1.29, 1.82) is 0 Å². The summed E-state index contributed by atoms with van der Waals surface area (Å²) in [5.74, 6) is 0.594. The molecule has 0 saturated carbocycles. The van der Waals surface area contributed by atoms with Crippen LogP contribution in [0.3, 0.4) is 0 Å². The highest BCUT2D eigenvalue weighted by molar-refractivity contribution is 5.84. The first-order valence-electron chi connectivity index (χ1n) is 8.95. The third-order valence-electron chi connectivity index (χ3n) is 4.69. The van der Waals surface area contributed by atoms with Gasteiger partial charge in [0, 0.05) is 26.2 Å². The minimum atomic E-state index is -0.538. The first kappa shape index (κ1) is 17.7. The van der Waals surface area contributed by atoms with Gasteiger partial charge in [-0.1, -0.05) is 30.3 Å². The Balaban J connectivity index is 1.45. The zero-order chi connectivity index (χ0) is 17.6. The zero-order valence-corrected chi connectivity index (χ0v) is 14.6. The zero-order valence-electron chi connectivity index (χ0n) is 14.6. The molecule has 0 aliphatic carbocycles. The van der Waals surface area contributed by atoms with Crippen LogP contribution >= 0.6 is 0 Å². The Morgan fingerprint density at radius 1 is 1.24 bits per heavy atom. The van der Waals surface area contributed by atoms with Crippen LogP contribution in [0.15, 0.2) is 42.5 Å². The van der Waals surface area contributed by atoms with E-state index in [0.29, 0.717) is 12.3 Å². The van der Waals surface area contributed by atoms with Crippen molar-refractivity contribution >= 4 is 16.7 Å². The highest BCUT2D eigenvalue weighted by Gasteiger charge is 2.18. The molecule has 3 rings (SSSR count). The summed E-state index contributed by atoms with van der Waals surface area (Å²) in [5.41, 5.74) is 0. The Labute approximate surface area is 148 Å². The molecular formula is C20H26N2O3. The quantitative estimate of drug-likeness (QED) is 0.845. The second kappa shape index (κ2) is 8.32. The monoisotopic (exact) mass is 342 g/mol. The Morgan fingerprint density at radius 3 is 2.72 bits per heavy atom. The number of aliphatic hydroxyl groups is 1. The van der Waals surface area contributed by atoms with Crippen molar-refractivity contribution in [2.45, 2.75) is 32.0 Å². The van der Waals surface area contributed by atoms with Gasteiger partial charge in [-0.05, 0) is 42.7 Å². The van der Waals surface area contributed by atoms with Gasteiger partial charge in [0.25, 0.3) is 5.91 Å². The van der Waals surface area contributed by atoms with Crippen molar-refractivity contribution in [3.8, 4) is 5.75 Å². The van der Waals surface area contributed by atoms with Crippen LogP contribution in [0.2, 0.25) is 0 Å². The highest BCUT2D eigenvalue weighted by Crippen LogP contribution is 2.21. The van der Waals surface area contributed by atoms with Gasteiger partial charge in [-0.25, -0.2) is 0 Å². The molecule has 1 atom stereocenters. The van der Waals surface area contributed by atoms with Crippen LogP contribution in [0, 0.1) is 0 Å². The average molecular weight is 342 g/mol. The van der Waals surface area contributed by atoms with Crippen LogP contribution in [0.1, 0.15) is 19.8 Å². The third kappa shape index (κ3) is 4.94. The number of piperidine rings is 1. The van der Waals surface area contributed by atoms with E-state index in [4.69, 9.17) is 4.74 Å². The van der Waals surface area contributed by atoms with E-state index < -0.39 is 6.10 Å². The smallest absolute Gasteiger partial charge is 0.260 e. The van der Waals surface area contributed by atoms with Crippen molar-refractivity contribution < 1.29 is 14.6 Å². The summed E-state index contributed by atoms with van der Waals surface area (Å²) in [6.07, 6.45) is 0.927. The second-order valence-electron chi connectivity index (χ2n) is 6.63. The molecule has 1 fully saturated rings. The molecule has 0 aromatic heterocycles. The molecule has 1 saturated heterocycles. The molecule has 0 radical (unpaired) electrons. The fourth-order valence-corrected chi connectivity index (χ4v) is 3.12. The van der Waals surface area contributed by atoms with E-state index in [9.17, 15) is 9.90 Å². The standard InChI is InChI=1S/C20H26N2O3/c1-15(20(24)21-10-13-22-11-8-18(23)9-12-22)25-19-7-6-16-4-2-3-5-17(16)14-19/h2-7,14-15,18,23H,8-13H2,1H3,(H,21,24). The predicted octanol–water partition coefficient (Wildman–Crippen LogP) is 2.18. The molecule has 0 spiro atoms. The molecule has 2 aromatic rings. The van der Waals surface area contributed by atoms with Gasteiger partial charge in [0.05, 0.1) is 6.10 Å². The lowest BCUT2D eigenvalue weighted by Crippen LogP contribution is -2.43. The van der Waals surface area contributed by atoms with Gasteiger partial charge in [0.2, 0.25) is 0 Å². The van der Waals surface area contributed by atoms with Gasteiger partial charge in [0.1, 0.15) is 5.75 Å². The number of ether oxygens (including phenoxy) is 1. The molecule has 1 unspecified atom stereocenters. The minimum Gasteiger partial charge on any atom is -0.481 e. The predicted molar refractivity (Wildman–Crippen MR) is 98.7 cm³/mol. The van der Waals surface area contributed by atoms with Gasteiger partial charge in [0.15, 0.2) is 6.10 Å². The number of benzene rings is 2. The highest BCUT2D eigenvalue weighted by atomic mass is 16.5. The van der Waals surface area contributed by atoms with Crippen molar-refractivity contribution in [1.82, 2.24) is 10.2 Å². The fraction of sp³-hybridized carbons (Fsp3) is 0.450. The van der Waals surface area contributed by atoms with Crippen LogP contribution < -0.4 is 10.1 Å². The number of aliphatic hydroxyl groups excluding tert-OH is 1. The SMILES string of the molecule is CC(Oc1ccc2ccccc2c1)C(=O)NCCN1CCC(O)CC1. The summed E-state index contributed by atoms with van der Waals surface area (Å²) in [6.45, 7) is 4.95. The van der Waals surface area contributed by atoms with E-state index in [1.165, 1.54) is 0 Å².